The third-order valence-electron chi connectivity index (χ3n) is 2.59. The van der Waals surface area contributed by atoms with Gasteiger partial charge in [0.2, 0.25) is 0 Å². The van der Waals surface area contributed by atoms with Crippen LogP contribution in [0.4, 0.5) is 9.80 Å². The fraction of sp³-hybridized carbons (Fsp3) is 0.667. The van der Waals surface area contributed by atoms with Gasteiger partial charge < -0.3 is 9.64 Å². The number of anilines is 1. The number of hydrogen-bond donors (Lipinski definition) is 1. The zero-order valence-electron chi connectivity index (χ0n) is 9.05. The first-order valence-corrected chi connectivity index (χ1v) is 5.92. The van der Waals surface area contributed by atoms with Gasteiger partial charge in [0.1, 0.15) is 5.00 Å². The Labute approximate surface area is 97.8 Å². The number of ether oxygens (including phenoxy) is 1. The van der Waals surface area contributed by atoms with E-state index >= 15 is 0 Å². The van der Waals surface area contributed by atoms with Crippen LogP contribution in [0.5, 0.6) is 0 Å². The molecule has 7 heteroatoms. The van der Waals surface area contributed by atoms with Crippen LogP contribution in [0.1, 0.15) is 12.8 Å². The Kier molecular flexibility index (Phi) is 3.68. The van der Waals surface area contributed by atoms with Crippen molar-refractivity contribution in [1.82, 2.24) is 14.5 Å². The van der Waals surface area contributed by atoms with Crippen molar-refractivity contribution in [3.05, 3.63) is 6.20 Å². The zero-order valence-corrected chi connectivity index (χ0v) is 9.87. The third kappa shape index (κ3) is 2.48. The van der Waals surface area contributed by atoms with E-state index < -0.39 is 0 Å². The smallest absolute Gasteiger partial charge is 0.322 e. The number of carbonyl (C=O) groups is 1. The Morgan fingerprint density at radius 2 is 2.69 bits per heavy atom. The number of nitrogens with one attached hydrogen (secondary N) is 1. The molecule has 2 amide bonds. The molecule has 16 heavy (non-hydrogen) atoms. The largest absolute Gasteiger partial charge is 0.383 e. The minimum atomic E-state index is -0.0920. The maximum atomic E-state index is 11.9. The number of aromatic nitrogens is 2. The number of amides is 2. The van der Waals surface area contributed by atoms with Gasteiger partial charge in [0, 0.05) is 25.2 Å². The summed E-state index contributed by atoms with van der Waals surface area (Å²) >= 11 is 1.17. The molecule has 2 heterocycles. The fourth-order valence-electron chi connectivity index (χ4n) is 1.87. The molecule has 0 aromatic carbocycles. The van der Waals surface area contributed by atoms with E-state index in [1.54, 1.807) is 13.3 Å². The number of nitrogens with zero attached hydrogens (tertiary/aromatic N) is 3. The van der Waals surface area contributed by atoms with Crippen LogP contribution in [0.15, 0.2) is 6.20 Å². The molecule has 1 saturated heterocycles. The third-order valence-corrected chi connectivity index (χ3v) is 3.17. The summed E-state index contributed by atoms with van der Waals surface area (Å²) in [6.07, 6.45) is 3.58. The van der Waals surface area contributed by atoms with E-state index in [2.05, 4.69) is 14.9 Å². The zero-order chi connectivity index (χ0) is 11.4. The van der Waals surface area contributed by atoms with Gasteiger partial charge in [-0.3, -0.25) is 5.32 Å². The fourth-order valence-corrected chi connectivity index (χ4v) is 2.28. The Hall–Kier alpha value is -1.21. The van der Waals surface area contributed by atoms with Gasteiger partial charge in [-0.25, -0.2) is 4.79 Å². The first-order chi connectivity index (χ1) is 7.81. The summed E-state index contributed by atoms with van der Waals surface area (Å²) in [6, 6.07) is 0.0940. The Morgan fingerprint density at radius 1 is 1.81 bits per heavy atom. The van der Waals surface area contributed by atoms with E-state index in [1.807, 2.05) is 4.90 Å². The summed E-state index contributed by atoms with van der Waals surface area (Å²) < 4.78 is 8.79. The predicted molar refractivity (Wildman–Crippen MR) is 60.5 cm³/mol. The van der Waals surface area contributed by atoms with Gasteiger partial charge in [-0.15, -0.1) is 5.10 Å². The van der Waals surface area contributed by atoms with Gasteiger partial charge in [-0.2, -0.15) is 0 Å². The lowest BCUT2D eigenvalue weighted by molar-refractivity contribution is 0.128. The van der Waals surface area contributed by atoms with Crippen molar-refractivity contribution in [3.8, 4) is 0 Å². The van der Waals surface area contributed by atoms with E-state index in [0.29, 0.717) is 11.6 Å². The van der Waals surface area contributed by atoms with Gasteiger partial charge in [0.15, 0.2) is 0 Å². The lowest BCUT2D eigenvalue weighted by Gasteiger charge is -2.23. The van der Waals surface area contributed by atoms with Crippen molar-refractivity contribution in [1.29, 1.82) is 0 Å². The van der Waals surface area contributed by atoms with Crippen LogP contribution in [-0.4, -0.2) is 46.8 Å². The number of hydrogen-bond acceptors (Lipinski definition) is 5. The summed E-state index contributed by atoms with van der Waals surface area (Å²) in [6.45, 7) is 1.38. The van der Waals surface area contributed by atoms with E-state index in [9.17, 15) is 4.79 Å². The van der Waals surface area contributed by atoms with Crippen molar-refractivity contribution in [2.45, 2.75) is 18.9 Å². The molecule has 0 radical (unpaired) electrons. The molecule has 0 spiro atoms. The van der Waals surface area contributed by atoms with Crippen molar-refractivity contribution in [3.63, 3.8) is 0 Å². The normalized spacial score (nSPS) is 20.1. The SMILES string of the molecule is COCC1CCCN1C(=O)Nc1cnns1. The summed E-state index contributed by atoms with van der Waals surface area (Å²) in [4.78, 5) is 13.7. The molecule has 2 rings (SSSR count). The highest BCUT2D eigenvalue weighted by atomic mass is 32.1. The molecule has 6 nitrogen and oxygen atoms in total. The van der Waals surface area contributed by atoms with Gasteiger partial charge in [-0.05, 0) is 12.8 Å². The monoisotopic (exact) mass is 242 g/mol. The van der Waals surface area contributed by atoms with Crippen LogP contribution in [0.25, 0.3) is 0 Å². The molecule has 0 aliphatic carbocycles. The van der Waals surface area contributed by atoms with E-state index in [1.165, 1.54) is 11.5 Å². The molecule has 1 aromatic rings. The summed E-state index contributed by atoms with van der Waals surface area (Å²) in [5.74, 6) is 0. The molecule has 1 fully saturated rings. The summed E-state index contributed by atoms with van der Waals surface area (Å²) in [7, 11) is 1.65. The van der Waals surface area contributed by atoms with Crippen molar-refractivity contribution >= 4 is 22.6 Å². The molecule has 0 bridgehead atoms. The average Bonchev–Trinajstić information content (AvgIpc) is 2.89. The van der Waals surface area contributed by atoms with Gasteiger partial charge >= 0.3 is 6.03 Å². The first kappa shape index (κ1) is 11.3. The minimum absolute atomic E-state index is 0.0920. The maximum Gasteiger partial charge on any atom is 0.322 e. The molecule has 88 valence electrons. The van der Waals surface area contributed by atoms with Crippen LogP contribution in [-0.2, 0) is 4.74 Å². The van der Waals surface area contributed by atoms with Crippen LogP contribution < -0.4 is 5.32 Å². The minimum Gasteiger partial charge on any atom is -0.383 e. The van der Waals surface area contributed by atoms with Crippen molar-refractivity contribution in [2.24, 2.45) is 0 Å². The second-order valence-electron chi connectivity index (χ2n) is 3.66. The van der Waals surface area contributed by atoms with Crippen LogP contribution in [0.3, 0.4) is 0 Å². The van der Waals surface area contributed by atoms with Crippen LogP contribution in [0.2, 0.25) is 0 Å². The number of methoxy groups -OCH3 is 1. The molecule has 1 atom stereocenters. The van der Waals surface area contributed by atoms with Gasteiger partial charge in [0.25, 0.3) is 0 Å². The van der Waals surface area contributed by atoms with Crippen LogP contribution in [0, 0.1) is 0 Å². The van der Waals surface area contributed by atoms with Gasteiger partial charge in [0.05, 0.1) is 18.8 Å². The molecule has 1 aromatic heterocycles. The number of rotatable bonds is 3. The molecular formula is C9H14N4O2S. The molecule has 1 aliphatic heterocycles. The number of urea groups is 1. The summed E-state index contributed by atoms with van der Waals surface area (Å²) in [5, 5.41) is 7.12. The number of likely N-dealkylation sites (tertiary alicyclic amines) is 1. The van der Waals surface area contributed by atoms with E-state index in [0.717, 1.165) is 19.4 Å². The number of carbonyl (C=O) groups excluding carboxylic acids is 1. The molecule has 0 saturated carbocycles. The Balaban J connectivity index is 1.93. The molecule has 1 N–H and O–H groups in total. The highest BCUT2D eigenvalue weighted by molar-refractivity contribution is 7.10. The Morgan fingerprint density at radius 3 is 3.38 bits per heavy atom. The van der Waals surface area contributed by atoms with Gasteiger partial charge in [-0.1, -0.05) is 4.49 Å². The molecule has 1 aliphatic rings. The van der Waals surface area contributed by atoms with Crippen LogP contribution >= 0.6 is 11.5 Å². The first-order valence-electron chi connectivity index (χ1n) is 5.15. The van der Waals surface area contributed by atoms with Crippen molar-refractivity contribution < 1.29 is 9.53 Å². The standard InChI is InChI=1S/C9H14N4O2S/c1-15-6-7-3-2-4-13(7)9(14)11-8-5-10-12-16-8/h5,7H,2-4,6H2,1H3,(H,11,14). The van der Waals surface area contributed by atoms with E-state index in [-0.39, 0.29) is 12.1 Å². The summed E-state index contributed by atoms with van der Waals surface area (Å²) in [5.41, 5.74) is 0. The second kappa shape index (κ2) is 5.22. The topological polar surface area (TPSA) is 67.3 Å². The average molecular weight is 242 g/mol. The lowest BCUT2D eigenvalue weighted by atomic mass is 10.2. The second-order valence-corrected chi connectivity index (χ2v) is 4.44. The molecule has 1 unspecified atom stereocenters. The van der Waals surface area contributed by atoms with Crippen molar-refractivity contribution in [2.75, 3.05) is 25.6 Å². The Bertz CT molecular complexity index is 343. The highest BCUT2D eigenvalue weighted by Crippen LogP contribution is 2.19. The van der Waals surface area contributed by atoms with E-state index in [4.69, 9.17) is 4.74 Å². The highest BCUT2D eigenvalue weighted by Gasteiger charge is 2.28. The lowest BCUT2D eigenvalue weighted by Crippen LogP contribution is -2.40. The predicted octanol–water partition coefficient (Wildman–Crippen LogP) is 1.18. The maximum absolute atomic E-state index is 11.9. The molecular weight excluding hydrogens is 228 g/mol. The quantitative estimate of drug-likeness (QED) is 0.864.